The first-order valence-electron chi connectivity index (χ1n) is 7.83. The summed E-state index contributed by atoms with van der Waals surface area (Å²) in [6.45, 7) is -0.0491. The molecule has 6 nitrogen and oxygen atoms in total. The number of nitrogens with zero attached hydrogens (tertiary/aromatic N) is 2. The Morgan fingerprint density at radius 1 is 0.741 bits per heavy atom. The third kappa shape index (κ3) is 4.13. The van der Waals surface area contributed by atoms with Crippen molar-refractivity contribution in [2.75, 3.05) is 26.2 Å². The van der Waals surface area contributed by atoms with Crippen LogP contribution in [0.1, 0.15) is 0 Å². The molecule has 2 aromatic rings. The number of hydrogen-bond acceptors (Lipinski definition) is 4. The van der Waals surface area contributed by atoms with Crippen LogP contribution >= 0.6 is 23.2 Å². The smallest absolute Gasteiger partial charge is 0.207 e. The topological polar surface area (TPSA) is 74.8 Å². The van der Waals surface area contributed by atoms with Crippen LogP contribution in [0.2, 0.25) is 10.0 Å². The third-order valence-corrected chi connectivity index (χ3v) is 8.53. The number of hydrogen-bond donors (Lipinski definition) is 0. The lowest BCUT2D eigenvalue weighted by atomic mass is 10.3. The molecule has 0 aromatic heterocycles. The van der Waals surface area contributed by atoms with Gasteiger partial charge in [0, 0.05) is 31.2 Å². The minimum Gasteiger partial charge on any atom is -0.207 e. The van der Waals surface area contributed by atoms with Crippen LogP contribution in [0.15, 0.2) is 52.3 Å². The maximum atomic E-state index is 13.3. The lowest BCUT2D eigenvalue weighted by Gasteiger charge is -2.33. The van der Waals surface area contributed by atoms with Gasteiger partial charge in [0.05, 0.1) is 14.8 Å². The fourth-order valence-corrected chi connectivity index (χ4v) is 5.93. The fourth-order valence-electron chi connectivity index (χ4n) is 2.69. The van der Waals surface area contributed by atoms with Gasteiger partial charge in [0.2, 0.25) is 20.0 Å². The van der Waals surface area contributed by atoms with Crippen molar-refractivity contribution in [3.63, 3.8) is 0 Å². The standard InChI is InChI=1S/C16H15Cl2FN2O4S2/c17-12-1-3-13(4-2-12)26(22,23)20-7-9-21(10-8-20)27(24,25)14-5-6-16(19)15(18)11-14/h1-6,11H,7-10H2. The quantitative estimate of drug-likeness (QED) is 0.714. The van der Waals surface area contributed by atoms with Crippen molar-refractivity contribution in [3.8, 4) is 0 Å². The molecule has 27 heavy (non-hydrogen) atoms. The zero-order valence-corrected chi connectivity index (χ0v) is 17.0. The highest BCUT2D eigenvalue weighted by Crippen LogP contribution is 2.25. The van der Waals surface area contributed by atoms with E-state index < -0.39 is 25.9 Å². The Hall–Kier alpha value is -1.23. The molecule has 1 fully saturated rings. The van der Waals surface area contributed by atoms with Crippen molar-refractivity contribution in [3.05, 3.63) is 58.3 Å². The molecule has 0 unspecified atom stereocenters. The first kappa shape index (κ1) is 20.5. The van der Waals surface area contributed by atoms with Gasteiger partial charge in [-0.3, -0.25) is 0 Å². The zero-order chi connectivity index (χ0) is 19.8. The molecule has 0 radical (unpaired) electrons. The van der Waals surface area contributed by atoms with E-state index in [0.717, 1.165) is 22.5 Å². The lowest BCUT2D eigenvalue weighted by molar-refractivity contribution is 0.273. The van der Waals surface area contributed by atoms with E-state index in [1.165, 1.54) is 28.6 Å². The fraction of sp³-hybridized carbons (Fsp3) is 0.250. The first-order chi connectivity index (χ1) is 12.6. The van der Waals surface area contributed by atoms with Crippen molar-refractivity contribution in [1.82, 2.24) is 8.61 Å². The molecule has 0 bridgehead atoms. The second kappa shape index (κ2) is 7.65. The van der Waals surface area contributed by atoms with Crippen LogP contribution in [0.3, 0.4) is 0 Å². The van der Waals surface area contributed by atoms with Crippen LogP contribution < -0.4 is 0 Å². The molecule has 1 aliphatic rings. The van der Waals surface area contributed by atoms with E-state index in [1.54, 1.807) is 0 Å². The molecule has 0 spiro atoms. The number of halogens is 3. The largest absolute Gasteiger partial charge is 0.243 e. The van der Waals surface area contributed by atoms with Crippen LogP contribution in [-0.2, 0) is 20.0 Å². The predicted molar refractivity (Wildman–Crippen MR) is 100 cm³/mol. The summed E-state index contributed by atoms with van der Waals surface area (Å²) in [6, 6.07) is 8.93. The molecule has 3 rings (SSSR count). The highest BCUT2D eigenvalue weighted by molar-refractivity contribution is 7.89. The third-order valence-electron chi connectivity index (χ3n) is 4.18. The van der Waals surface area contributed by atoms with Gasteiger partial charge in [-0.05, 0) is 42.5 Å². The van der Waals surface area contributed by atoms with Gasteiger partial charge in [-0.25, -0.2) is 21.2 Å². The van der Waals surface area contributed by atoms with Crippen LogP contribution in [0.4, 0.5) is 4.39 Å². The monoisotopic (exact) mass is 452 g/mol. The molecule has 0 atom stereocenters. The highest BCUT2D eigenvalue weighted by atomic mass is 35.5. The van der Waals surface area contributed by atoms with Crippen molar-refractivity contribution in [1.29, 1.82) is 0 Å². The maximum absolute atomic E-state index is 13.3. The summed E-state index contributed by atoms with van der Waals surface area (Å²) in [5.74, 6) is -0.713. The van der Waals surface area contributed by atoms with Crippen molar-refractivity contribution in [2.45, 2.75) is 9.79 Å². The number of rotatable bonds is 4. The summed E-state index contributed by atoms with van der Waals surface area (Å²) in [6.07, 6.45) is 0. The van der Waals surface area contributed by atoms with Crippen LogP contribution in [0.5, 0.6) is 0 Å². The van der Waals surface area contributed by atoms with Crippen molar-refractivity contribution < 1.29 is 21.2 Å². The van der Waals surface area contributed by atoms with Gasteiger partial charge in [0.15, 0.2) is 0 Å². The normalized spacial score (nSPS) is 17.1. The first-order valence-corrected chi connectivity index (χ1v) is 11.5. The molecule has 1 saturated heterocycles. The summed E-state index contributed by atoms with van der Waals surface area (Å²) in [5, 5.41) is 0.128. The van der Waals surface area contributed by atoms with Crippen molar-refractivity contribution in [2.24, 2.45) is 0 Å². The van der Waals surface area contributed by atoms with Gasteiger partial charge in [-0.15, -0.1) is 0 Å². The second-order valence-electron chi connectivity index (χ2n) is 5.84. The molecule has 1 aliphatic heterocycles. The molecule has 0 amide bonds. The Balaban J connectivity index is 1.76. The molecular formula is C16H15Cl2FN2O4S2. The average Bonchev–Trinajstić information content (AvgIpc) is 2.64. The van der Waals surface area contributed by atoms with Gasteiger partial charge < -0.3 is 0 Å². The minimum atomic E-state index is -3.90. The Bertz CT molecular complexity index is 1050. The van der Waals surface area contributed by atoms with Gasteiger partial charge in [-0.1, -0.05) is 23.2 Å². The zero-order valence-electron chi connectivity index (χ0n) is 13.8. The lowest BCUT2D eigenvalue weighted by Crippen LogP contribution is -2.50. The van der Waals surface area contributed by atoms with Crippen LogP contribution in [0, 0.1) is 5.82 Å². The van der Waals surface area contributed by atoms with Gasteiger partial charge in [-0.2, -0.15) is 8.61 Å². The molecule has 2 aromatic carbocycles. The molecule has 0 saturated carbocycles. The highest BCUT2D eigenvalue weighted by Gasteiger charge is 2.34. The molecule has 0 aliphatic carbocycles. The molecule has 146 valence electrons. The van der Waals surface area contributed by atoms with Gasteiger partial charge >= 0.3 is 0 Å². The average molecular weight is 453 g/mol. The Kier molecular flexibility index (Phi) is 5.81. The molecule has 11 heteroatoms. The summed E-state index contributed by atoms with van der Waals surface area (Å²) < 4.78 is 66.3. The summed E-state index contributed by atoms with van der Waals surface area (Å²) >= 11 is 11.4. The van der Waals surface area contributed by atoms with Gasteiger partial charge in [0.25, 0.3) is 0 Å². The molecule has 0 N–H and O–H groups in total. The van der Waals surface area contributed by atoms with E-state index in [-0.39, 0.29) is 41.0 Å². The molecule has 1 heterocycles. The number of piperazine rings is 1. The van der Waals surface area contributed by atoms with Gasteiger partial charge in [0.1, 0.15) is 5.82 Å². The van der Waals surface area contributed by atoms with Crippen LogP contribution in [-0.4, -0.2) is 51.6 Å². The van der Waals surface area contributed by atoms with E-state index in [4.69, 9.17) is 23.2 Å². The number of benzene rings is 2. The van der Waals surface area contributed by atoms with Crippen LogP contribution in [0.25, 0.3) is 0 Å². The van der Waals surface area contributed by atoms with E-state index in [1.807, 2.05) is 0 Å². The Morgan fingerprint density at radius 2 is 1.19 bits per heavy atom. The van der Waals surface area contributed by atoms with E-state index in [0.29, 0.717) is 5.02 Å². The van der Waals surface area contributed by atoms with E-state index >= 15 is 0 Å². The minimum absolute atomic E-state index is 0.000876. The SMILES string of the molecule is O=S(=O)(c1ccc(Cl)cc1)N1CCN(S(=O)(=O)c2ccc(F)c(Cl)c2)CC1. The Labute approximate surface area is 167 Å². The maximum Gasteiger partial charge on any atom is 0.243 e. The van der Waals surface area contributed by atoms with Crippen molar-refractivity contribution >= 4 is 43.2 Å². The summed E-state index contributed by atoms with van der Waals surface area (Å²) in [7, 11) is -7.64. The summed E-state index contributed by atoms with van der Waals surface area (Å²) in [5.41, 5.74) is 0. The molecular weight excluding hydrogens is 438 g/mol. The predicted octanol–water partition coefficient (Wildman–Crippen LogP) is 2.83. The van der Waals surface area contributed by atoms with E-state index in [9.17, 15) is 21.2 Å². The number of sulfonamides is 2. The van der Waals surface area contributed by atoms with E-state index in [2.05, 4.69) is 0 Å². The second-order valence-corrected chi connectivity index (χ2v) is 10.6. The Morgan fingerprint density at radius 3 is 1.67 bits per heavy atom. The summed E-state index contributed by atoms with van der Waals surface area (Å²) in [4.78, 5) is -0.0450.